The molecule has 2 aromatic carbocycles. The Morgan fingerprint density at radius 3 is 2.52 bits per heavy atom. The average molecular weight is 471 g/mol. The first-order valence-corrected chi connectivity index (χ1v) is 10.4. The van der Waals surface area contributed by atoms with Gasteiger partial charge in [-0.25, -0.2) is 4.98 Å². The number of hydrogen-bond acceptors (Lipinski definition) is 4. The van der Waals surface area contributed by atoms with E-state index in [2.05, 4.69) is 41.6 Å². The number of carbonyl (C=O) groups excluding carboxylic acids is 1. The second-order valence-corrected chi connectivity index (χ2v) is 9.23. The van der Waals surface area contributed by atoms with Crippen LogP contribution in [0.4, 0.5) is 5.69 Å². The zero-order valence-corrected chi connectivity index (χ0v) is 18.7. The number of fused-ring (bicyclic) bond motifs is 1. The molecule has 0 aliphatic carbocycles. The molecule has 0 bridgehead atoms. The molecule has 152 valence electrons. The number of hydrogen-bond donors (Lipinski definition) is 2. The second-order valence-electron chi connectivity index (χ2n) is 6.54. The third kappa shape index (κ3) is 5.39. The maximum Gasteiger partial charge on any atom is 0.278 e. The van der Waals surface area contributed by atoms with E-state index in [1.54, 1.807) is 12.1 Å². The number of oxazole rings is 1. The highest BCUT2D eigenvalue weighted by Crippen LogP contribution is 2.29. The van der Waals surface area contributed by atoms with E-state index in [4.69, 9.17) is 51.4 Å². The van der Waals surface area contributed by atoms with Gasteiger partial charge in [-0.05, 0) is 66.5 Å². The normalized spacial score (nSPS) is 12.6. The average Bonchev–Trinajstić information content (AvgIpc) is 3.10. The summed E-state index contributed by atoms with van der Waals surface area (Å²) >= 11 is 21.6. The molecule has 0 aliphatic heterocycles. The predicted molar refractivity (Wildman–Crippen MR) is 123 cm³/mol. The molecule has 0 fully saturated rings. The second kappa shape index (κ2) is 8.88. The van der Waals surface area contributed by atoms with E-state index in [1.807, 2.05) is 18.2 Å². The predicted octanol–water partition coefficient (Wildman–Crippen LogP) is 6.19. The van der Waals surface area contributed by atoms with Gasteiger partial charge in [0.2, 0.25) is 5.89 Å². The largest absolute Gasteiger partial charge is 0.436 e. The first-order chi connectivity index (χ1) is 13.7. The van der Waals surface area contributed by atoms with Crippen molar-refractivity contribution in [2.45, 2.75) is 30.0 Å². The Morgan fingerprint density at radius 2 is 1.90 bits per heavy atom. The number of alkyl halides is 3. The van der Waals surface area contributed by atoms with Crippen molar-refractivity contribution in [3.63, 3.8) is 0 Å². The first-order valence-electron chi connectivity index (χ1n) is 8.87. The van der Waals surface area contributed by atoms with Crippen LogP contribution in [0.3, 0.4) is 0 Å². The Kier molecular flexibility index (Phi) is 6.69. The molecule has 5 nitrogen and oxygen atoms in total. The molecule has 1 atom stereocenters. The molecule has 3 rings (SSSR count). The van der Waals surface area contributed by atoms with Crippen LogP contribution in [0.2, 0.25) is 0 Å². The van der Waals surface area contributed by atoms with Gasteiger partial charge in [0.05, 0.1) is 0 Å². The quantitative estimate of drug-likeness (QED) is 0.351. The SMILES string of the molecule is CCC(C)c1ccc2oc(-c3ccc(NC(=S)NC(=O)C(Cl)(Cl)Cl)cc3)nc2c1. The van der Waals surface area contributed by atoms with Crippen LogP contribution in [0.1, 0.15) is 31.7 Å². The van der Waals surface area contributed by atoms with E-state index >= 15 is 0 Å². The molecule has 29 heavy (non-hydrogen) atoms. The fourth-order valence-electron chi connectivity index (χ4n) is 2.64. The number of amides is 1. The van der Waals surface area contributed by atoms with E-state index in [-0.39, 0.29) is 5.11 Å². The minimum atomic E-state index is -2.09. The van der Waals surface area contributed by atoms with Gasteiger partial charge in [-0.2, -0.15) is 0 Å². The maximum atomic E-state index is 11.6. The van der Waals surface area contributed by atoms with Gasteiger partial charge in [-0.3, -0.25) is 10.1 Å². The number of carbonyl (C=O) groups is 1. The lowest BCUT2D eigenvalue weighted by molar-refractivity contribution is -0.118. The van der Waals surface area contributed by atoms with Crippen molar-refractivity contribution in [3.05, 3.63) is 48.0 Å². The number of thiocarbonyl (C=S) groups is 1. The van der Waals surface area contributed by atoms with Crippen LogP contribution >= 0.6 is 47.0 Å². The molecule has 1 aromatic heterocycles. The van der Waals surface area contributed by atoms with Crippen molar-refractivity contribution in [2.24, 2.45) is 0 Å². The van der Waals surface area contributed by atoms with E-state index < -0.39 is 9.70 Å². The zero-order chi connectivity index (χ0) is 21.2. The van der Waals surface area contributed by atoms with Gasteiger partial charge in [-0.1, -0.05) is 54.7 Å². The summed E-state index contributed by atoms with van der Waals surface area (Å²) < 4.78 is 3.79. The minimum Gasteiger partial charge on any atom is -0.436 e. The summed E-state index contributed by atoms with van der Waals surface area (Å²) in [5, 5.41) is 5.18. The van der Waals surface area contributed by atoms with Gasteiger partial charge < -0.3 is 9.73 Å². The first kappa shape index (κ1) is 21.8. The highest BCUT2D eigenvalue weighted by molar-refractivity contribution is 7.80. The number of nitrogens with one attached hydrogen (secondary N) is 2. The Bertz CT molecular complexity index is 1050. The molecule has 2 N–H and O–H groups in total. The molecular formula is C20H18Cl3N3O2S. The molecule has 0 spiro atoms. The van der Waals surface area contributed by atoms with Gasteiger partial charge in [0, 0.05) is 11.3 Å². The Hall–Kier alpha value is -1.86. The molecule has 1 unspecified atom stereocenters. The van der Waals surface area contributed by atoms with E-state index in [0.717, 1.165) is 23.1 Å². The lowest BCUT2D eigenvalue weighted by atomic mass is 9.98. The monoisotopic (exact) mass is 469 g/mol. The number of halogens is 3. The number of aromatic nitrogens is 1. The van der Waals surface area contributed by atoms with Crippen LogP contribution in [-0.4, -0.2) is 19.8 Å². The van der Waals surface area contributed by atoms with Gasteiger partial charge in [-0.15, -0.1) is 0 Å². The zero-order valence-electron chi connectivity index (χ0n) is 15.6. The molecule has 1 amide bonds. The molecule has 0 saturated heterocycles. The summed E-state index contributed by atoms with van der Waals surface area (Å²) in [6, 6.07) is 13.3. The highest BCUT2D eigenvalue weighted by atomic mass is 35.6. The lowest BCUT2D eigenvalue weighted by Gasteiger charge is -2.13. The van der Waals surface area contributed by atoms with Crippen LogP contribution in [0.25, 0.3) is 22.6 Å². The summed E-state index contributed by atoms with van der Waals surface area (Å²) in [4.78, 5) is 16.2. The number of nitrogens with zero attached hydrogens (tertiary/aromatic N) is 1. The van der Waals surface area contributed by atoms with Crippen molar-refractivity contribution in [1.82, 2.24) is 10.3 Å². The summed E-state index contributed by atoms with van der Waals surface area (Å²) in [7, 11) is 0. The Balaban J connectivity index is 1.73. The van der Waals surface area contributed by atoms with Crippen molar-refractivity contribution < 1.29 is 9.21 Å². The Labute approximate surface area is 188 Å². The molecule has 1 heterocycles. The van der Waals surface area contributed by atoms with Crippen LogP contribution in [0, 0.1) is 0 Å². The fourth-order valence-corrected chi connectivity index (χ4v) is 2.99. The minimum absolute atomic E-state index is 0.0218. The summed E-state index contributed by atoms with van der Waals surface area (Å²) in [5.74, 6) is 0.163. The summed E-state index contributed by atoms with van der Waals surface area (Å²) in [6.45, 7) is 4.35. The summed E-state index contributed by atoms with van der Waals surface area (Å²) in [6.07, 6.45) is 1.06. The molecule has 0 aliphatic rings. The molecule has 3 aromatic rings. The van der Waals surface area contributed by atoms with Crippen LogP contribution < -0.4 is 10.6 Å². The number of benzene rings is 2. The van der Waals surface area contributed by atoms with Crippen LogP contribution in [-0.2, 0) is 4.79 Å². The van der Waals surface area contributed by atoms with Crippen LogP contribution in [0.5, 0.6) is 0 Å². The van der Waals surface area contributed by atoms with E-state index in [0.29, 0.717) is 17.5 Å². The Morgan fingerprint density at radius 1 is 1.21 bits per heavy atom. The smallest absolute Gasteiger partial charge is 0.278 e. The van der Waals surface area contributed by atoms with Crippen molar-refractivity contribution >= 4 is 74.8 Å². The van der Waals surface area contributed by atoms with E-state index in [9.17, 15) is 4.79 Å². The molecule has 0 radical (unpaired) electrons. The topological polar surface area (TPSA) is 67.2 Å². The maximum absolute atomic E-state index is 11.6. The van der Waals surface area contributed by atoms with Crippen molar-refractivity contribution in [1.29, 1.82) is 0 Å². The van der Waals surface area contributed by atoms with E-state index in [1.165, 1.54) is 5.56 Å². The molecular weight excluding hydrogens is 453 g/mol. The van der Waals surface area contributed by atoms with Crippen molar-refractivity contribution in [3.8, 4) is 11.5 Å². The molecule has 9 heteroatoms. The van der Waals surface area contributed by atoms with Gasteiger partial charge in [0.15, 0.2) is 10.7 Å². The van der Waals surface area contributed by atoms with Gasteiger partial charge in [0.1, 0.15) is 5.52 Å². The number of anilines is 1. The fraction of sp³-hybridized carbons (Fsp3) is 0.250. The van der Waals surface area contributed by atoms with Crippen LogP contribution in [0.15, 0.2) is 46.9 Å². The van der Waals surface area contributed by atoms with Gasteiger partial charge >= 0.3 is 0 Å². The third-order valence-corrected chi connectivity index (χ3v) is 5.19. The molecule has 0 saturated carbocycles. The number of rotatable bonds is 4. The lowest BCUT2D eigenvalue weighted by Crippen LogP contribution is -2.41. The summed E-state index contributed by atoms with van der Waals surface area (Å²) in [5.41, 5.74) is 4.27. The van der Waals surface area contributed by atoms with Gasteiger partial charge in [0.25, 0.3) is 9.70 Å². The van der Waals surface area contributed by atoms with Crippen molar-refractivity contribution in [2.75, 3.05) is 5.32 Å². The third-order valence-electron chi connectivity index (χ3n) is 4.47. The standard InChI is InChI=1S/C20H18Cl3N3O2S/c1-3-11(2)13-6-9-16-15(10-13)25-17(28-16)12-4-7-14(8-5-12)24-19(29)26-18(27)20(21,22)23/h4-11H,3H2,1-2H3,(H2,24,26,27,29). The highest BCUT2D eigenvalue weighted by Gasteiger charge is 2.31.